The van der Waals surface area contributed by atoms with Crippen LogP contribution in [0, 0.1) is 0 Å². The molecule has 11 rings (SSSR count). The van der Waals surface area contributed by atoms with Crippen LogP contribution in [0.5, 0.6) is 0 Å². The number of hydrogen-bond donors (Lipinski definition) is 0. The lowest BCUT2D eigenvalue weighted by molar-refractivity contribution is 1.16. The summed E-state index contributed by atoms with van der Waals surface area (Å²) in [7, 11) is 0. The van der Waals surface area contributed by atoms with Crippen molar-refractivity contribution in [1.82, 2.24) is 28.5 Å². The van der Waals surface area contributed by atoms with Crippen molar-refractivity contribution in [1.29, 1.82) is 0 Å². The van der Waals surface area contributed by atoms with Gasteiger partial charge in [0.1, 0.15) is 5.65 Å². The molecule has 6 aromatic heterocycles. The van der Waals surface area contributed by atoms with Gasteiger partial charge >= 0.3 is 0 Å². The second-order valence-corrected chi connectivity index (χ2v) is 12.1. The second-order valence-electron chi connectivity index (χ2n) is 12.1. The van der Waals surface area contributed by atoms with Gasteiger partial charge in [0.05, 0.1) is 33.1 Å². The summed E-state index contributed by atoms with van der Waals surface area (Å²) in [6.07, 6.45) is 5.68. The van der Waals surface area contributed by atoms with Gasteiger partial charge in [0.2, 0.25) is 0 Å². The van der Waals surface area contributed by atoms with Crippen LogP contribution in [0.15, 0.2) is 146 Å². The number of imidazole rings is 1. The monoisotopic (exact) mass is 600 g/mol. The number of pyridine rings is 3. The van der Waals surface area contributed by atoms with Crippen molar-refractivity contribution in [3.63, 3.8) is 0 Å². The standard InChI is InChI=1S/C41H24N6/c1-3-10-25(11-4-1)45-32-15-8-7-14-27(32)29-22-30-37(23-36(29)45)46(26-12-5-2-6-13-26)34-18-17-28-38(39(30)34)31-24-42-21-19-33(31)47-35-16-9-20-43-40(35)44-41(28)47/h1-24H. The van der Waals surface area contributed by atoms with Gasteiger partial charge in [-0.05, 0) is 72.8 Å². The summed E-state index contributed by atoms with van der Waals surface area (Å²) >= 11 is 0. The molecule has 0 bridgehead atoms. The van der Waals surface area contributed by atoms with Crippen molar-refractivity contribution < 1.29 is 0 Å². The highest BCUT2D eigenvalue weighted by Crippen LogP contribution is 2.44. The lowest BCUT2D eigenvalue weighted by Crippen LogP contribution is -1.96. The zero-order valence-electron chi connectivity index (χ0n) is 25.0. The third kappa shape index (κ3) is 3.21. The Hall–Kier alpha value is -6.53. The zero-order valence-corrected chi connectivity index (χ0v) is 25.0. The zero-order chi connectivity index (χ0) is 30.6. The smallest absolute Gasteiger partial charge is 0.178 e. The number of nitrogens with zero attached hydrogens (tertiary/aromatic N) is 6. The maximum atomic E-state index is 5.09. The quantitative estimate of drug-likeness (QED) is 0.186. The summed E-state index contributed by atoms with van der Waals surface area (Å²) in [4.78, 5) is 14.4. The SMILES string of the molecule is c1ccc(-n2c3ccccc3c3cc4c5c6c7cnccc7n7c8cccnc8nc7c6ccc5n(-c5ccccc5)c4cc32)cc1. The fourth-order valence-corrected chi connectivity index (χ4v) is 7.86. The van der Waals surface area contributed by atoms with Gasteiger partial charge in [-0.1, -0.05) is 54.6 Å². The fourth-order valence-electron chi connectivity index (χ4n) is 7.86. The Bertz CT molecular complexity index is 3060. The molecule has 0 aliphatic carbocycles. The summed E-state index contributed by atoms with van der Waals surface area (Å²) in [6.45, 7) is 0. The van der Waals surface area contributed by atoms with E-state index in [0.717, 1.165) is 60.9 Å². The Labute approximate surface area is 267 Å². The molecule has 0 aliphatic rings. The number of benzene rings is 5. The average Bonchev–Trinajstić information content (AvgIpc) is 3.79. The molecule has 6 nitrogen and oxygen atoms in total. The van der Waals surface area contributed by atoms with Crippen LogP contribution in [0.4, 0.5) is 0 Å². The first kappa shape index (κ1) is 24.8. The summed E-state index contributed by atoms with van der Waals surface area (Å²) in [6, 6.07) is 45.5. The maximum Gasteiger partial charge on any atom is 0.178 e. The highest BCUT2D eigenvalue weighted by molar-refractivity contribution is 6.32. The molecule has 0 amide bonds. The van der Waals surface area contributed by atoms with E-state index in [1.54, 1.807) is 0 Å². The van der Waals surface area contributed by atoms with Gasteiger partial charge in [-0.15, -0.1) is 0 Å². The lowest BCUT2D eigenvalue weighted by atomic mass is 10.00. The molecule has 218 valence electrons. The van der Waals surface area contributed by atoms with Crippen LogP contribution in [0.3, 0.4) is 0 Å². The molecule has 0 spiro atoms. The highest BCUT2D eigenvalue weighted by atomic mass is 15.1. The van der Waals surface area contributed by atoms with Gasteiger partial charge in [-0.25, -0.2) is 9.97 Å². The lowest BCUT2D eigenvalue weighted by Gasteiger charge is -2.11. The normalized spacial score (nSPS) is 12.3. The van der Waals surface area contributed by atoms with Gasteiger partial charge in [-0.3, -0.25) is 9.38 Å². The van der Waals surface area contributed by atoms with E-state index in [4.69, 9.17) is 4.98 Å². The molecule has 0 saturated carbocycles. The number of hydrogen-bond acceptors (Lipinski definition) is 3. The van der Waals surface area contributed by atoms with E-state index in [0.29, 0.717) is 0 Å². The summed E-state index contributed by atoms with van der Waals surface area (Å²) in [5, 5.41) is 8.16. The highest BCUT2D eigenvalue weighted by Gasteiger charge is 2.23. The average molecular weight is 601 g/mol. The molecule has 0 aliphatic heterocycles. The van der Waals surface area contributed by atoms with E-state index >= 15 is 0 Å². The summed E-state index contributed by atoms with van der Waals surface area (Å²) in [5.41, 5.74) is 10.6. The molecule has 0 saturated heterocycles. The second kappa shape index (κ2) is 9.02. The van der Waals surface area contributed by atoms with Gasteiger partial charge in [-0.2, -0.15) is 0 Å². The van der Waals surface area contributed by atoms with E-state index in [1.165, 1.54) is 32.6 Å². The minimum absolute atomic E-state index is 0.736. The Morgan fingerprint density at radius 2 is 1.15 bits per heavy atom. The molecule has 5 aromatic carbocycles. The van der Waals surface area contributed by atoms with Crippen LogP contribution in [-0.2, 0) is 0 Å². The predicted octanol–water partition coefficient (Wildman–Crippen LogP) is 9.78. The van der Waals surface area contributed by atoms with Gasteiger partial charge in [0, 0.05) is 67.7 Å². The molecule has 0 N–H and O–H groups in total. The Balaban J connectivity index is 1.41. The number of rotatable bonds is 2. The third-order valence-corrected chi connectivity index (χ3v) is 9.73. The van der Waals surface area contributed by atoms with Crippen molar-refractivity contribution in [3.05, 3.63) is 146 Å². The minimum Gasteiger partial charge on any atom is -0.309 e. The Kier molecular flexibility index (Phi) is 4.75. The maximum absolute atomic E-state index is 5.09. The van der Waals surface area contributed by atoms with Crippen molar-refractivity contribution >= 4 is 82.1 Å². The van der Waals surface area contributed by atoms with Crippen molar-refractivity contribution in [2.75, 3.05) is 0 Å². The van der Waals surface area contributed by atoms with Gasteiger partial charge in [0.25, 0.3) is 0 Å². The number of para-hydroxylation sites is 3. The Morgan fingerprint density at radius 1 is 0.426 bits per heavy atom. The van der Waals surface area contributed by atoms with E-state index in [9.17, 15) is 0 Å². The first-order valence-electron chi connectivity index (χ1n) is 15.8. The van der Waals surface area contributed by atoms with Crippen LogP contribution in [0.2, 0.25) is 0 Å². The summed E-state index contributed by atoms with van der Waals surface area (Å²) < 4.78 is 7.03. The van der Waals surface area contributed by atoms with Crippen molar-refractivity contribution in [2.45, 2.75) is 0 Å². The van der Waals surface area contributed by atoms with Gasteiger partial charge < -0.3 is 9.13 Å². The van der Waals surface area contributed by atoms with Gasteiger partial charge in [0.15, 0.2) is 5.65 Å². The molecule has 0 unspecified atom stereocenters. The molecule has 0 fully saturated rings. The molecule has 6 heteroatoms. The Morgan fingerprint density at radius 3 is 1.98 bits per heavy atom. The van der Waals surface area contributed by atoms with Crippen molar-refractivity contribution in [2.24, 2.45) is 0 Å². The third-order valence-electron chi connectivity index (χ3n) is 9.73. The molecule has 11 aromatic rings. The van der Waals surface area contributed by atoms with E-state index in [2.05, 4.69) is 145 Å². The van der Waals surface area contributed by atoms with E-state index < -0.39 is 0 Å². The molecule has 6 heterocycles. The first-order valence-corrected chi connectivity index (χ1v) is 15.8. The topological polar surface area (TPSA) is 52.9 Å². The minimum atomic E-state index is 0.736. The van der Waals surface area contributed by atoms with E-state index in [-0.39, 0.29) is 0 Å². The first-order chi connectivity index (χ1) is 23.3. The summed E-state index contributed by atoms with van der Waals surface area (Å²) in [5.74, 6) is 0. The molecule has 0 atom stereocenters. The van der Waals surface area contributed by atoms with E-state index in [1.807, 2.05) is 24.7 Å². The van der Waals surface area contributed by atoms with Crippen LogP contribution < -0.4 is 0 Å². The molecule has 0 radical (unpaired) electrons. The largest absolute Gasteiger partial charge is 0.309 e. The number of fused-ring (bicyclic) bond motifs is 15. The van der Waals surface area contributed by atoms with Crippen molar-refractivity contribution in [3.8, 4) is 11.4 Å². The van der Waals surface area contributed by atoms with Crippen LogP contribution in [0.1, 0.15) is 0 Å². The fraction of sp³-hybridized carbons (Fsp3) is 0. The predicted molar refractivity (Wildman–Crippen MR) is 192 cm³/mol. The van der Waals surface area contributed by atoms with Crippen LogP contribution in [0.25, 0.3) is 93.5 Å². The molecule has 47 heavy (non-hydrogen) atoms. The van der Waals surface area contributed by atoms with Crippen LogP contribution >= 0.6 is 0 Å². The number of aromatic nitrogens is 6. The van der Waals surface area contributed by atoms with Crippen LogP contribution in [-0.4, -0.2) is 28.5 Å². The molecular formula is C41H24N6. The molecular weight excluding hydrogens is 576 g/mol.